The summed E-state index contributed by atoms with van der Waals surface area (Å²) < 4.78 is 7.68. The third-order valence-electron chi connectivity index (χ3n) is 5.72. The predicted octanol–water partition coefficient (Wildman–Crippen LogP) is 2.95. The fourth-order valence-corrected chi connectivity index (χ4v) is 3.93. The second-order valence-corrected chi connectivity index (χ2v) is 7.46. The van der Waals surface area contributed by atoms with Crippen LogP contribution in [-0.2, 0) is 16.1 Å². The van der Waals surface area contributed by atoms with Crippen LogP contribution in [-0.4, -0.2) is 53.4 Å². The lowest BCUT2D eigenvalue weighted by molar-refractivity contribution is -0.157. The summed E-state index contributed by atoms with van der Waals surface area (Å²) >= 11 is 0. The van der Waals surface area contributed by atoms with E-state index in [4.69, 9.17) is 9.84 Å². The SMILES string of the molecule is COC1(C(=O)N(C)Cc2c(C)nn(-c3ccccc3C)c2C)CCNCC1.Cl. The standard InChI is InChI=1S/C21H30N4O2.ClH/c1-15-8-6-7-9-19(15)25-17(3)18(16(2)23-25)14-24(4)20(26)21(27-5)10-12-22-13-11-21;/h6-9,22H,10-14H2,1-5H3;1H. The molecule has 1 aliphatic rings. The van der Waals surface area contributed by atoms with Crippen LogP contribution in [0.2, 0.25) is 0 Å². The number of piperidine rings is 1. The van der Waals surface area contributed by atoms with Crippen molar-refractivity contribution in [3.05, 3.63) is 46.8 Å². The Balaban J connectivity index is 0.00000280. The number of carbonyl (C=O) groups excluding carboxylic acids is 1. The number of nitrogens with zero attached hydrogens (tertiary/aromatic N) is 3. The van der Waals surface area contributed by atoms with Gasteiger partial charge in [-0.05, 0) is 58.3 Å². The van der Waals surface area contributed by atoms with E-state index in [-0.39, 0.29) is 18.3 Å². The first kappa shape index (κ1) is 22.4. The van der Waals surface area contributed by atoms with Crippen molar-refractivity contribution in [1.82, 2.24) is 20.0 Å². The molecule has 1 aliphatic heterocycles. The second-order valence-electron chi connectivity index (χ2n) is 7.46. The summed E-state index contributed by atoms with van der Waals surface area (Å²) in [6.45, 7) is 8.29. The van der Waals surface area contributed by atoms with Crippen LogP contribution in [0.5, 0.6) is 0 Å². The Labute approximate surface area is 173 Å². The van der Waals surface area contributed by atoms with Crippen LogP contribution in [0.25, 0.3) is 5.69 Å². The van der Waals surface area contributed by atoms with Gasteiger partial charge in [0, 0.05) is 32.0 Å². The quantitative estimate of drug-likeness (QED) is 0.829. The van der Waals surface area contributed by atoms with Gasteiger partial charge >= 0.3 is 0 Å². The van der Waals surface area contributed by atoms with Crippen molar-refractivity contribution < 1.29 is 9.53 Å². The second kappa shape index (κ2) is 9.07. The molecule has 1 fully saturated rings. The number of hydrogen-bond acceptors (Lipinski definition) is 4. The number of likely N-dealkylation sites (N-methyl/N-ethyl adjacent to an activating group) is 1. The van der Waals surface area contributed by atoms with Gasteiger partial charge in [-0.25, -0.2) is 4.68 Å². The molecule has 0 unspecified atom stereocenters. The molecule has 6 nitrogen and oxygen atoms in total. The number of rotatable bonds is 5. The first-order valence-electron chi connectivity index (χ1n) is 9.52. The average Bonchev–Trinajstić information content (AvgIpc) is 2.96. The molecule has 0 bridgehead atoms. The fourth-order valence-electron chi connectivity index (χ4n) is 3.93. The summed E-state index contributed by atoms with van der Waals surface area (Å²) in [5.74, 6) is 0.0499. The first-order valence-corrected chi connectivity index (χ1v) is 9.52. The number of aromatic nitrogens is 2. The summed E-state index contributed by atoms with van der Waals surface area (Å²) in [7, 11) is 3.50. The van der Waals surface area contributed by atoms with Crippen LogP contribution < -0.4 is 5.32 Å². The van der Waals surface area contributed by atoms with Gasteiger partial charge in [-0.2, -0.15) is 5.10 Å². The van der Waals surface area contributed by atoms with Gasteiger partial charge in [-0.3, -0.25) is 4.79 Å². The van der Waals surface area contributed by atoms with E-state index in [0.29, 0.717) is 19.4 Å². The van der Waals surface area contributed by atoms with Gasteiger partial charge in [0.2, 0.25) is 0 Å². The van der Waals surface area contributed by atoms with E-state index in [2.05, 4.69) is 31.3 Å². The minimum atomic E-state index is -0.714. The predicted molar refractivity (Wildman–Crippen MR) is 113 cm³/mol. The molecular formula is C21H31ClN4O2. The van der Waals surface area contributed by atoms with Gasteiger partial charge in [-0.15, -0.1) is 12.4 Å². The molecule has 1 N–H and O–H groups in total. The van der Waals surface area contributed by atoms with E-state index in [0.717, 1.165) is 35.7 Å². The average molecular weight is 407 g/mol. The molecule has 1 amide bonds. The molecule has 1 aromatic heterocycles. The van der Waals surface area contributed by atoms with Crippen molar-refractivity contribution in [2.45, 2.75) is 45.8 Å². The smallest absolute Gasteiger partial charge is 0.254 e. The monoisotopic (exact) mass is 406 g/mol. The molecule has 7 heteroatoms. The van der Waals surface area contributed by atoms with Crippen molar-refractivity contribution >= 4 is 18.3 Å². The lowest BCUT2D eigenvalue weighted by Gasteiger charge is -2.37. The van der Waals surface area contributed by atoms with Gasteiger partial charge in [0.1, 0.15) is 5.60 Å². The van der Waals surface area contributed by atoms with Crippen LogP contribution >= 0.6 is 12.4 Å². The first-order chi connectivity index (χ1) is 12.9. The van der Waals surface area contributed by atoms with Gasteiger partial charge < -0.3 is 15.0 Å². The Hall–Kier alpha value is -1.89. The number of nitrogens with one attached hydrogen (secondary N) is 1. The molecule has 0 aliphatic carbocycles. The number of aryl methyl sites for hydroxylation is 2. The molecule has 0 radical (unpaired) electrons. The number of carbonyl (C=O) groups is 1. The zero-order valence-corrected chi connectivity index (χ0v) is 18.2. The molecule has 0 spiro atoms. The Bertz CT molecular complexity index is 828. The van der Waals surface area contributed by atoms with Crippen molar-refractivity contribution in [2.75, 3.05) is 27.2 Å². The number of hydrogen-bond donors (Lipinski definition) is 1. The van der Waals surface area contributed by atoms with E-state index >= 15 is 0 Å². The molecule has 1 aromatic carbocycles. The molecule has 2 aromatic rings. The number of benzene rings is 1. The van der Waals surface area contributed by atoms with Crippen molar-refractivity contribution in [3.8, 4) is 5.69 Å². The maximum atomic E-state index is 13.2. The molecule has 28 heavy (non-hydrogen) atoms. The van der Waals surface area contributed by atoms with Crippen LogP contribution in [0.3, 0.4) is 0 Å². The molecule has 154 valence electrons. The highest BCUT2D eigenvalue weighted by atomic mass is 35.5. The summed E-state index contributed by atoms with van der Waals surface area (Å²) in [5, 5.41) is 8.04. The lowest BCUT2D eigenvalue weighted by atomic mass is 9.90. The maximum absolute atomic E-state index is 13.2. The number of ether oxygens (including phenoxy) is 1. The summed E-state index contributed by atoms with van der Waals surface area (Å²) in [4.78, 5) is 14.9. The van der Waals surface area contributed by atoms with E-state index in [9.17, 15) is 4.79 Å². The van der Waals surface area contributed by atoms with E-state index in [1.165, 1.54) is 5.56 Å². The van der Waals surface area contributed by atoms with E-state index < -0.39 is 5.60 Å². The van der Waals surface area contributed by atoms with Gasteiger partial charge in [-0.1, -0.05) is 18.2 Å². The minimum Gasteiger partial charge on any atom is -0.368 e. The number of halogens is 1. The summed E-state index contributed by atoms with van der Waals surface area (Å²) in [6, 6.07) is 8.21. The van der Waals surface area contributed by atoms with Gasteiger partial charge in [0.15, 0.2) is 0 Å². The lowest BCUT2D eigenvalue weighted by Crippen LogP contribution is -2.54. The Kier molecular flexibility index (Phi) is 7.26. The number of para-hydroxylation sites is 1. The fraction of sp³-hybridized carbons (Fsp3) is 0.524. The Morgan fingerprint density at radius 1 is 1.25 bits per heavy atom. The molecule has 2 heterocycles. The molecule has 0 atom stereocenters. The van der Waals surface area contributed by atoms with Crippen molar-refractivity contribution in [1.29, 1.82) is 0 Å². The van der Waals surface area contributed by atoms with Gasteiger partial charge in [0.25, 0.3) is 5.91 Å². The van der Waals surface area contributed by atoms with Crippen LogP contribution in [0, 0.1) is 20.8 Å². The molecule has 3 rings (SSSR count). The minimum absolute atomic E-state index is 0. The third-order valence-corrected chi connectivity index (χ3v) is 5.72. The van der Waals surface area contributed by atoms with Crippen LogP contribution in [0.4, 0.5) is 0 Å². The summed E-state index contributed by atoms with van der Waals surface area (Å²) in [5.41, 5.74) is 4.64. The van der Waals surface area contributed by atoms with E-state index in [1.807, 2.05) is 30.8 Å². The van der Waals surface area contributed by atoms with Crippen LogP contribution in [0.1, 0.15) is 35.4 Å². The largest absolute Gasteiger partial charge is 0.368 e. The third kappa shape index (κ3) is 4.09. The zero-order chi connectivity index (χ0) is 19.6. The topological polar surface area (TPSA) is 59.4 Å². The molecular weight excluding hydrogens is 376 g/mol. The van der Waals surface area contributed by atoms with Crippen molar-refractivity contribution in [2.24, 2.45) is 0 Å². The molecule has 0 saturated carbocycles. The van der Waals surface area contributed by atoms with E-state index in [1.54, 1.807) is 12.0 Å². The number of methoxy groups -OCH3 is 1. The summed E-state index contributed by atoms with van der Waals surface area (Å²) in [6.07, 6.45) is 1.40. The highest BCUT2D eigenvalue weighted by Crippen LogP contribution is 2.27. The number of amides is 1. The van der Waals surface area contributed by atoms with Crippen molar-refractivity contribution in [3.63, 3.8) is 0 Å². The van der Waals surface area contributed by atoms with Gasteiger partial charge in [0.05, 0.1) is 11.4 Å². The Morgan fingerprint density at radius 2 is 1.89 bits per heavy atom. The highest BCUT2D eigenvalue weighted by Gasteiger charge is 2.41. The molecule has 1 saturated heterocycles. The zero-order valence-electron chi connectivity index (χ0n) is 17.4. The highest BCUT2D eigenvalue weighted by molar-refractivity contribution is 5.85. The normalized spacial score (nSPS) is 15.8. The Morgan fingerprint density at radius 3 is 2.50 bits per heavy atom. The maximum Gasteiger partial charge on any atom is 0.254 e. The van der Waals surface area contributed by atoms with Crippen LogP contribution in [0.15, 0.2) is 24.3 Å².